The third-order valence-corrected chi connectivity index (χ3v) is 5.29. The maximum Gasteiger partial charge on any atom is 0.271 e. The number of nitro benzene ring substituents is 1. The summed E-state index contributed by atoms with van der Waals surface area (Å²) in [5.41, 5.74) is 0.290. The van der Waals surface area contributed by atoms with Crippen molar-refractivity contribution in [3.8, 4) is 0 Å². The van der Waals surface area contributed by atoms with Gasteiger partial charge in [-0.2, -0.15) is 0 Å². The number of tetrazole rings is 1. The third kappa shape index (κ3) is 4.43. The molecule has 2 aromatic heterocycles. The van der Waals surface area contributed by atoms with Crippen LogP contribution in [0.5, 0.6) is 0 Å². The molecule has 3 rings (SSSR count). The van der Waals surface area contributed by atoms with Crippen molar-refractivity contribution in [3.05, 3.63) is 56.8 Å². The number of benzene rings is 1. The Bertz CT molecular complexity index is 912. The molecule has 3 aromatic rings. The first-order valence-electron chi connectivity index (χ1n) is 7.53. The highest BCUT2D eigenvalue weighted by molar-refractivity contribution is 8.00. The van der Waals surface area contributed by atoms with Crippen molar-refractivity contribution in [2.75, 3.05) is 5.32 Å². The van der Waals surface area contributed by atoms with Gasteiger partial charge in [-0.1, -0.05) is 23.9 Å². The molecule has 1 aromatic carbocycles. The van der Waals surface area contributed by atoms with Crippen LogP contribution in [-0.2, 0) is 11.3 Å². The van der Waals surface area contributed by atoms with Crippen LogP contribution in [0.1, 0.15) is 11.8 Å². The van der Waals surface area contributed by atoms with E-state index >= 15 is 0 Å². The molecule has 0 radical (unpaired) electrons. The van der Waals surface area contributed by atoms with Crippen molar-refractivity contribution in [1.82, 2.24) is 20.2 Å². The van der Waals surface area contributed by atoms with Crippen molar-refractivity contribution in [3.63, 3.8) is 0 Å². The van der Waals surface area contributed by atoms with Crippen LogP contribution in [-0.4, -0.2) is 36.3 Å². The maximum absolute atomic E-state index is 12.4. The second-order valence-electron chi connectivity index (χ2n) is 5.26. The van der Waals surface area contributed by atoms with Crippen LogP contribution < -0.4 is 5.32 Å². The first kappa shape index (κ1) is 18.0. The van der Waals surface area contributed by atoms with Gasteiger partial charge >= 0.3 is 0 Å². The zero-order chi connectivity index (χ0) is 18.5. The van der Waals surface area contributed by atoms with Crippen LogP contribution in [0.15, 0.2) is 46.9 Å². The number of nitrogens with zero attached hydrogens (tertiary/aromatic N) is 5. The van der Waals surface area contributed by atoms with Gasteiger partial charge in [-0.15, -0.1) is 16.4 Å². The van der Waals surface area contributed by atoms with E-state index in [1.807, 2.05) is 17.5 Å². The van der Waals surface area contributed by atoms with Gasteiger partial charge in [0.1, 0.15) is 0 Å². The number of hydrogen-bond acceptors (Lipinski definition) is 8. The lowest BCUT2D eigenvalue weighted by molar-refractivity contribution is -0.384. The van der Waals surface area contributed by atoms with Gasteiger partial charge < -0.3 is 5.32 Å². The molecule has 0 aliphatic rings. The van der Waals surface area contributed by atoms with Gasteiger partial charge in [0.25, 0.3) is 5.69 Å². The number of rotatable bonds is 7. The SMILES string of the molecule is CC(Sc1nnnn1Cc1cccs1)C(=O)Nc1cccc([N+](=O)[O-])c1. The lowest BCUT2D eigenvalue weighted by Gasteiger charge is -2.11. The van der Waals surface area contributed by atoms with E-state index in [2.05, 4.69) is 20.8 Å². The standard InChI is InChI=1S/C15H14N6O3S2/c1-10(14(22)16-11-4-2-5-12(8-11)21(23)24)26-15-17-18-19-20(15)9-13-6-3-7-25-13/h2-8,10H,9H2,1H3,(H,16,22). The van der Waals surface area contributed by atoms with Crippen LogP contribution in [0.3, 0.4) is 0 Å². The molecule has 0 bridgehead atoms. The first-order chi connectivity index (χ1) is 12.5. The molecule has 11 heteroatoms. The van der Waals surface area contributed by atoms with Crippen molar-refractivity contribution in [2.45, 2.75) is 23.9 Å². The van der Waals surface area contributed by atoms with Crippen LogP contribution in [0.25, 0.3) is 0 Å². The summed E-state index contributed by atoms with van der Waals surface area (Å²) in [5.74, 6) is -0.291. The Hall–Kier alpha value is -2.79. The molecule has 1 amide bonds. The molecule has 1 unspecified atom stereocenters. The second kappa shape index (κ2) is 8.06. The Balaban J connectivity index is 1.64. The minimum absolute atomic E-state index is 0.0806. The Labute approximate surface area is 156 Å². The summed E-state index contributed by atoms with van der Waals surface area (Å²) in [6.07, 6.45) is 0. The van der Waals surface area contributed by atoms with Crippen LogP contribution in [0.2, 0.25) is 0 Å². The summed E-state index contributed by atoms with van der Waals surface area (Å²) < 4.78 is 1.63. The number of thiophene rings is 1. The van der Waals surface area contributed by atoms with Crippen LogP contribution in [0.4, 0.5) is 11.4 Å². The number of hydrogen-bond donors (Lipinski definition) is 1. The van der Waals surface area contributed by atoms with Gasteiger partial charge in [0.15, 0.2) is 0 Å². The van der Waals surface area contributed by atoms with Crippen molar-refractivity contribution < 1.29 is 9.72 Å². The molecule has 0 saturated carbocycles. The summed E-state index contributed by atoms with van der Waals surface area (Å²) in [4.78, 5) is 23.8. The smallest absolute Gasteiger partial charge is 0.271 e. The molecule has 0 aliphatic heterocycles. The molecule has 26 heavy (non-hydrogen) atoms. The fourth-order valence-corrected chi connectivity index (χ4v) is 3.56. The number of anilines is 1. The Morgan fingerprint density at radius 1 is 1.42 bits per heavy atom. The van der Waals surface area contributed by atoms with Gasteiger partial charge in [-0.3, -0.25) is 14.9 Å². The number of carbonyl (C=O) groups excluding carboxylic acids is 1. The fraction of sp³-hybridized carbons (Fsp3) is 0.200. The molecule has 9 nitrogen and oxygen atoms in total. The average molecular weight is 390 g/mol. The number of amides is 1. The minimum atomic E-state index is -0.507. The van der Waals surface area contributed by atoms with Crippen molar-refractivity contribution in [1.29, 1.82) is 0 Å². The fourth-order valence-electron chi connectivity index (χ4n) is 2.08. The van der Waals surface area contributed by atoms with Crippen LogP contribution in [0, 0.1) is 10.1 Å². The quantitative estimate of drug-likeness (QED) is 0.374. The van der Waals surface area contributed by atoms with Crippen molar-refractivity contribution in [2.24, 2.45) is 0 Å². The molecule has 134 valence electrons. The van der Waals surface area contributed by atoms with E-state index in [0.717, 1.165) is 4.88 Å². The number of nitro groups is 1. The van der Waals surface area contributed by atoms with Crippen LogP contribution >= 0.6 is 23.1 Å². The van der Waals surface area contributed by atoms with Gasteiger partial charge in [0, 0.05) is 22.7 Å². The van der Waals surface area contributed by atoms with Gasteiger partial charge in [0.05, 0.1) is 16.7 Å². The Morgan fingerprint density at radius 2 is 2.27 bits per heavy atom. The molecule has 0 fully saturated rings. The topological polar surface area (TPSA) is 116 Å². The third-order valence-electron chi connectivity index (χ3n) is 3.36. The van der Waals surface area contributed by atoms with E-state index in [9.17, 15) is 14.9 Å². The summed E-state index contributed by atoms with van der Waals surface area (Å²) in [7, 11) is 0. The molecule has 1 atom stereocenters. The van der Waals surface area contributed by atoms with E-state index in [1.165, 1.54) is 30.0 Å². The van der Waals surface area contributed by atoms with E-state index < -0.39 is 10.2 Å². The average Bonchev–Trinajstić information content (AvgIpc) is 3.28. The van der Waals surface area contributed by atoms with Gasteiger partial charge in [-0.05, 0) is 34.9 Å². The number of carbonyl (C=O) groups is 1. The molecule has 0 spiro atoms. The normalized spacial score (nSPS) is 11.9. The summed E-state index contributed by atoms with van der Waals surface area (Å²) in [6.45, 7) is 2.26. The summed E-state index contributed by atoms with van der Waals surface area (Å²) in [5, 5.41) is 27.1. The lowest BCUT2D eigenvalue weighted by atomic mass is 10.2. The molecule has 0 aliphatic carbocycles. The highest BCUT2D eigenvalue weighted by atomic mass is 32.2. The maximum atomic E-state index is 12.4. The predicted molar refractivity (Wildman–Crippen MR) is 98.3 cm³/mol. The monoisotopic (exact) mass is 390 g/mol. The Morgan fingerprint density at radius 3 is 3.00 bits per heavy atom. The van der Waals surface area contributed by atoms with E-state index in [1.54, 1.807) is 29.0 Å². The minimum Gasteiger partial charge on any atom is -0.325 e. The number of non-ortho nitro benzene ring substituents is 1. The lowest BCUT2D eigenvalue weighted by Crippen LogP contribution is -2.23. The molecular formula is C15H14N6O3S2. The Kier molecular flexibility index (Phi) is 5.58. The molecular weight excluding hydrogens is 376 g/mol. The number of nitrogens with one attached hydrogen (secondary N) is 1. The molecule has 2 heterocycles. The van der Waals surface area contributed by atoms with E-state index in [-0.39, 0.29) is 11.6 Å². The molecule has 0 saturated heterocycles. The summed E-state index contributed by atoms with van der Waals surface area (Å²) in [6, 6.07) is 9.74. The zero-order valence-electron chi connectivity index (χ0n) is 13.6. The van der Waals surface area contributed by atoms with Crippen molar-refractivity contribution >= 4 is 40.4 Å². The first-order valence-corrected chi connectivity index (χ1v) is 9.29. The van der Waals surface area contributed by atoms with Gasteiger partial charge in [-0.25, -0.2) is 4.68 Å². The largest absolute Gasteiger partial charge is 0.325 e. The highest BCUT2D eigenvalue weighted by Gasteiger charge is 2.19. The van der Waals surface area contributed by atoms with E-state index in [4.69, 9.17) is 0 Å². The zero-order valence-corrected chi connectivity index (χ0v) is 15.2. The summed E-state index contributed by atoms with van der Waals surface area (Å²) >= 11 is 2.82. The number of thioether (sulfide) groups is 1. The van der Waals surface area contributed by atoms with E-state index in [0.29, 0.717) is 17.4 Å². The predicted octanol–water partition coefficient (Wildman–Crippen LogP) is 2.81. The number of aromatic nitrogens is 4. The molecule has 1 N–H and O–H groups in total. The van der Waals surface area contributed by atoms with Gasteiger partial charge in [0.2, 0.25) is 11.1 Å². The highest BCUT2D eigenvalue weighted by Crippen LogP contribution is 2.24. The second-order valence-corrected chi connectivity index (χ2v) is 7.60.